The Morgan fingerprint density at radius 2 is 1.95 bits per heavy atom. The molecule has 2 amide bonds. The van der Waals surface area contributed by atoms with Gasteiger partial charge in [0.2, 0.25) is 11.8 Å². The molecular weight excluding hydrogens is 294 g/mol. The van der Waals surface area contributed by atoms with E-state index in [2.05, 4.69) is 5.32 Å². The molecule has 0 saturated carbocycles. The number of carboxylic acids is 2. The first-order valence-corrected chi connectivity index (χ1v) is 7.11. The first-order valence-electron chi connectivity index (χ1n) is 7.11. The lowest BCUT2D eigenvalue weighted by Gasteiger charge is -2.25. The lowest BCUT2D eigenvalue weighted by molar-refractivity contribution is -0.144. The van der Waals surface area contributed by atoms with Crippen molar-refractivity contribution in [2.24, 2.45) is 5.73 Å². The van der Waals surface area contributed by atoms with E-state index in [0.717, 1.165) is 0 Å². The Morgan fingerprint density at radius 1 is 1.27 bits per heavy atom. The number of carbonyl (C=O) groups excluding carboxylic acids is 2. The van der Waals surface area contributed by atoms with E-state index >= 15 is 0 Å². The second kappa shape index (κ2) is 8.32. The van der Waals surface area contributed by atoms with Crippen LogP contribution < -0.4 is 11.1 Å². The van der Waals surface area contributed by atoms with Crippen molar-refractivity contribution in [1.82, 2.24) is 10.2 Å². The number of hydrogen-bond acceptors (Lipinski definition) is 5. The van der Waals surface area contributed by atoms with Crippen molar-refractivity contribution in [2.45, 2.75) is 44.2 Å². The van der Waals surface area contributed by atoms with Gasteiger partial charge < -0.3 is 26.2 Å². The number of rotatable bonds is 8. The van der Waals surface area contributed by atoms with Crippen LogP contribution >= 0.6 is 0 Å². The fourth-order valence-corrected chi connectivity index (χ4v) is 2.44. The van der Waals surface area contributed by atoms with Gasteiger partial charge in [-0.05, 0) is 25.7 Å². The Morgan fingerprint density at radius 3 is 2.50 bits per heavy atom. The molecule has 1 fully saturated rings. The zero-order chi connectivity index (χ0) is 16.7. The predicted molar refractivity (Wildman–Crippen MR) is 74.8 cm³/mol. The molecule has 0 aromatic carbocycles. The smallest absolute Gasteiger partial charge is 0.326 e. The summed E-state index contributed by atoms with van der Waals surface area (Å²) in [6.07, 6.45) is 1.11. The van der Waals surface area contributed by atoms with Crippen molar-refractivity contribution in [1.29, 1.82) is 0 Å². The summed E-state index contributed by atoms with van der Waals surface area (Å²) in [6, 6.07) is -1.88. The highest BCUT2D eigenvalue weighted by atomic mass is 16.4. The van der Waals surface area contributed by atoms with Gasteiger partial charge in [0, 0.05) is 13.0 Å². The van der Waals surface area contributed by atoms with Crippen LogP contribution in [0.2, 0.25) is 0 Å². The second-order valence-electron chi connectivity index (χ2n) is 5.13. The Labute approximate surface area is 127 Å². The van der Waals surface area contributed by atoms with Gasteiger partial charge in [-0.25, -0.2) is 4.79 Å². The third kappa shape index (κ3) is 4.99. The topological polar surface area (TPSA) is 150 Å². The van der Waals surface area contributed by atoms with E-state index in [9.17, 15) is 19.2 Å². The minimum absolute atomic E-state index is 0.0188. The summed E-state index contributed by atoms with van der Waals surface area (Å²) in [5.74, 6) is -3.14. The fourth-order valence-electron chi connectivity index (χ4n) is 2.44. The van der Waals surface area contributed by atoms with Crippen LogP contribution in [-0.2, 0) is 19.2 Å². The summed E-state index contributed by atoms with van der Waals surface area (Å²) in [4.78, 5) is 46.7. The van der Waals surface area contributed by atoms with Crippen LogP contribution in [0, 0.1) is 0 Å². The zero-order valence-electron chi connectivity index (χ0n) is 12.2. The van der Waals surface area contributed by atoms with Gasteiger partial charge in [0.15, 0.2) is 0 Å². The summed E-state index contributed by atoms with van der Waals surface area (Å²) in [6.45, 7) is 0.218. The summed E-state index contributed by atoms with van der Waals surface area (Å²) in [5.41, 5.74) is 5.29. The van der Waals surface area contributed by atoms with Crippen LogP contribution in [0.25, 0.3) is 0 Å². The quantitative estimate of drug-likeness (QED) is 0.437. The highest BCUT2D eigenvalue weighted by molar-refractivity contribution is 5.91. The van der Waals surface area contributed by atoms with Gasteiger partial charge in [0.1, 0.15) is 12.1 Å². The van der Waals surface area contributed by atoms with E-state index in [1.165, 1.54) is 4.90 Å². The maximum absolute atomic E-state index is 12.2. The van der Waals surface area contributed by atoms with E-state index in [-0.39, 0.29) is 31.7 Å². The molecule has 5 N–H and O–H groups in total. The standard InChI is InChI=1S/C13H21N3O6/c14-7-10(17)16-6-2-4-9(16)12(20)15-8(13(21)22)3-1-5-11(18)19/h8-9H,1-7,14H2,(H,15,20)(H,18,19)(H,21,22)/t8-,9-/m0/s1. The number of aliphatic carboxylic acids is 2. The Balaban J connectivity index is 2.60. The summed E-state index contributed by atoms with van der Waals surface area (Å²) >= 11 is 0. The first kappa shape index (κ1) is 17.9. The fraction of sp³-hybridized carbons (Fsp3) is 0.692. The molecular formula is C13H21N3O6. The van der Waals surface area contributed by atoms with Crippen molar-refractivity contribution in [2.75, 3.05) is 13.1 Å². The van der Waals surface area contributed by atoms with E-state index in [1.54, 1.807) is 0 Å². The number of nitrogens with two attached hydrogens (primary N) is 1. The van der Waals surface area contributed by atoms with Gasteiger partial charge in [-0.1, -0.05) is 0 Å². The minimum Gasteiger partial charge on any atom is -0.481 e. The SMILES string of the molecule is NCC(=O)N1CCC[C@H]1C(=O)N[C@@H](CCCC(=O)O)C(=O)O. The Bertz CT molecular complexity index is 453. The van der Waals surface area contributed by atoms with Crippen LogP contribution in [0.5, 0.6) is 0 Å². The lowest BCUT2D eigenvalue weighted by Crippen LogP contribution is -2.51. The maximum Gasteiger partial charge on any atom is 0.326 e. The van der Waals surface area contributed by atoms with Gasteiger partial charge in [0.25, 0.3) is 0 Å². The minimum atomic E-state index is -1.23. The average molecular weight is 315 g/mol. The normalized spacial score (nSPS) is 18.8. The molecule has 1 aliphatic rings. The van der Waals surface area contributed by atoms with Gasteiger partial charge in [-0.3, -0.25) is 14.4 Å². The lowest BCUT2D eigenvalue weighted by atomic mass is 10.1. The number of amides is 2. The molecule has 0 spiro atoms. The van der Waals surface area contributed by atoms with Crippen LogP contribution in [0.3, 0.4) is 0 Å². The van der Waals surface area contributed by atoms with Gasteiger partial charge in [-0.2, -0.15) is 0 Å². The number of carbonyl (C=O) groups is 4. The molecule has 124 valence electrons. The van der Waals surface area contributed by atoms with Gasteiger partial charge >= 0.3 is 11.9 Å². The monoisotopic (exact) mass is 315 g/mol. The number of nitrogens with one attached hydrogen (secondary N) is 1. The summed E-state index contributed by atoms with van der Waals surface area (Å²) < 4.78 is 0. The van der Waals surface area contributed by atoms with Gasteiger partial charge in [-0.15, -0.1) is 0 Å². The maximum atomic E-state index is 12.2. The third-order valence-electron chi connectivity index (χ3n) is 3.55. The number of hydrogen-bond donors (Lipinski definition) is 4. The predicted octanol–water partition coefficient (Wildman–Crippen LogP) is -1.24. The Kier molecular flexibility index (Phi) is 6.77. The molecule has 1 saturated heterocycles. The van der Waals surface area contributed by atoms with E-state index < -0.39 is 29.9 Å². The van der Waals surface area contributed by atoms with Crippen molar-refractivity contribution in [3.8, 4) is 0 Å². The van der Waals surface area contributed by atoms with E-state index in [0.29, 0.717) is 19.4 Å². The largest absolute Gasteiger partial charge is 0.481 e. The molecule has 9 heteroatoms. The highest BCUT2D eigenvalue weighted by Gasteiger charge is 2.35. The average Bonchev–Trinajstić information content (AvgIpc) is 2.94. The number of nitrogens with zero attached hydrogens (tertiary/aromatic N) is 1. The molecule has 0 aromatic rings. The first-order chi connectivity index (χ1) is 10.4. The van der Waals surface area contributed by atoms with Crippen molar-refractivity contribution in [3.63, 3.8) is 0 Å². The Hall–Kier alpha value is -2.16. The van der Waals surface area contributed by atoms with Crippen molar-refractivity contribution < 1.29 is 29.4 Å². The molecule has 22 heavy (non-hydrogen) atoms. The highest BCUT2D eigenvalue weighted by Crippen LogP contribution is 2.17. The number of carboxylic acid groups (broad SMARTS) is 2. The van der Waals surface area contributed by atoms with Crippen LogP contribution in [0.1, 0.15) is 32.1 Å². The molecule has 0 aromatic heterocycles. The zero-order valence-corrected chi connectivity index (χ0v) is 12.2. The van der Waals surface area contributed by atoms with Crippen LogP contribution in [0.15, 0.2) is 0 Å². The third-order valence-corrected chi connectivity index (χ3v) is 3.55. The molecule has 0 bridgehead atoms. The molecule has 9 nitrogen and oxygen atoms in total. The van der Waals surface area contributed by atoms with Crippen molar-refractivity contribution in [3.05, 3.63) is 0 Å². The van der Waals surface area contributed by atoms with Crippen LogP contribution in [-0.4, -0.2) is 64.0 Å². The molecule has 0 radical (unpaired) electrons. The molecule has 0 aliphatic carbocycles. The van der Waals surface area contributed by atoms with E-state index in [4.69, 9.17) is 15.9 Å². The molecule has 1 heterocycles. The van der Waals surface area contributed by atoms with Crippen molar-refractivity contribution >= 4 is 23.8 Å². The summed E-state index contributed by atoms with van der Waals surface area (Å²) in [7, 11) is 0. The van der Waals surface area contributed by atoms with Crippen LogP contribution in [0.4, 0.5) is 0 Å². The molecule has 2 atom stereocenters. The second-order valence-corrected chi connectivity index (χ2v) is 5.13. The molecule has 1 aliphatic heterocycles. The molecule has 0 unspecified atom stereocenters. The molecule has 1 rings (SSSR count). The van der Waals surface area contributed by atoms with E-state index in [1.807, 2.05) is 0 Å². The number of likely N-dealkylation sites (tertiary alicyclic amines) is 1. The summed E-state index contributed by atoms with van der Waals surface area (Å²) in [5, 5.41) is 20.0. The van der Waals surface area contributed by atoms with Gasteiger partial charge in [0.05, 0.1) is 6.54 Å².